The van der Waals surface area contributed by atoms with E-state index in [0.717, 1.165) is 6.08 Å². The number of carboxylic acids is 1. The van der Waals surface area contributed by atoms with Gasteiger partial charge in [0.05, 0.1) is 0 Å². The quantitative estimate of drug-likeness (QED) is 0.734. The number of amides is 1. The van der Waals surface area contributed by atoms with Crippen molar-refractivity contribution in [2.45, 2.75) is 19.4 Å². The SMILES string of the molecule is CC(CCS(C)=O)NC(=O)c1ccncc1/C=C/C(=O)O. The van der Waals surface area contributed by atoms with Crippen LogP contribution in [0.15, 0.2) is 24.5 Å². The molecule has 6 nitrogen and oxygen atoms in total. The van der Waals surface area contributed by atoms with E-state index < -0.39 is 16.8 Å². The molecular formula is C14H18N2O4S. The van der Waals surface area contributed by atoms with Gasteiger partial charge in [0, 0.05) is 58.4 Å². The molecule has 7 heteroatoms. The largest absolute Gasteiger partial charge is 0.478 e. The average Bonchev–Trinajstić information content (AvgIpc) is 2.43. The Morgan fingerprint density at radius 2 is 2.24 bits per heavy atom. The fraction of sp³-hybridized carbons (Fsp3) is 0.357. The molecule has 1 aromatic rings. The smallest absolute Gasteiger partial charge is 0.328 e. The lowest BCUT2D eigenvalue weighted by Gasteiger charge is -2.14. The molecule has 114 valence electrons. The number of aromatic nitrogens is 1. The standard InChI is InChI=1S/C14H18N2O4S/c1-10(6-8-21(2)20)16-14(19)12-5-7-15-9-11(12)3-4-13(17)18/h3-5,7,9-10H,6,8H2,1-2H3,(H,16,19)(H,17,18)/b4-3+. The normalized spacial score (nSPS) is 13.8. The third kappa shape index (κ3) is 6.31. The van der Waals surface area contributed by atoms with E-state index in [2.05, 4.69) is 10.3 Å². The van der Waals surface area contributed by atoms with Crippen molar-refractivity contribution < 1.29 is 18.9 Å². The molecular weight excluding hydrogens is 292 g/mol. The number of carboxylic acid groups (broad SMARTS) is 1. The summed E-state index contributed by atoms with van der Waals surface area (Å²) in [6.45, 7) is 1.83. The van der Waals surface area contributed by atoms with Crippen LogP contribution < -0.4 is 5.32 Å². The van der Waals surface area contributed by atoms with Crippen molar-refractivity contribution in [3.05, 3.63) is 35.7 Å². The molecule has 1 aromatic heterocycles. The van der Waals surface area contributed by atoms with Crippen LogP contribution in [-0.4, -0.2) is 44.2 Å². The molecule has 2 atom stereocenters. The molecule has 1 amide bonds. The van der Waals surface area contributed by atoms with Crippen molar-refractivity contribution in [3.63, 3.8) is 0 Å². The van der Waals surface area contributed by atoms with Crippen molar-refractivity contribution in [1.29, 1.82) is 0 Å². The van der Waals surface area contributed by atoms with Gasteiger partial charge in [-0.05, 0) is 25.5 Å². The lowest BCUT2D eigenvalue weighted by molar-refractivity contribution is -0.131. The summed E-state index contributed by atoms with van der Waals surface area (Å²) >= 11 is 0. The summed E-state index contributed by atoms with van der Waals surface area (Å²) in [5, 5.41) is 11.4. The van der Waals surface area contributed by atoms with Crippen LogP contribution in [0.25, 0.3) is 6.08 Å². The Bertz CT molecular complexity index is 572. The second-order valence-electron chi connectivity index (χ2n) is 4.57. The van der Waals surface area contributed by atoms with Gasteiger partial charge in [-0.2, -0.15) is 0 Å². The Balaban J connectivity index is 2.78. The zero-order valence-corrected chi connectivity index (χ0v) is 12.7. The van der Waals surface area contributed by atoms with Crippen LogP contribution in [0.5, 0.6) is 0 Å². The van der Waals surface area contributed by atoms with Gasteiger partial charge in [-0.25, -0.2) is 4.79 Å². The van der Waals surface area contributed by atoms with Crippen molar-refractivity contribution in [2.75, 3.05) is 12.0 Å². The summed E-state index contributed by atoms with van der Waals surface area (Å²) in [5.74, 6) is -0.885. The van der Waals surface area contributed by atoms with Crippen LogP contribution in [-0.2, 0) is 15.6 Å². The number of rotatable bonds is 7. The van der Waals surface area contributed by atoms with Crippen LogP contribution in [0, 0.1) is 0 Å². The van der Waals surface area contributed by atoms with E-state index in [9.17, 15) is 13.8 Å². The minimum atomic E-state index is -1.09. The van der Waals surface area contributed by atoms with E-state index in [4.69, 9.17) is 5.11 Å². The Morgan fingerprint density at radius 3 is 2.86 bits per heavy atom. The molecule has 0 fully saturated rings. The molecule has 0 saturated heterocycles. The number of hydrogen-bond donors (Lipinski definition) is 2. The molecule has 2 N–H and O–H groups in total. The molecule has 21 heavy (non-hydrogen) atoms. The predicted octanol–water partition coefficient (Wildman–Crippen LogP) is 1.07. The highest BCUT2D eigenvalue weighted by atomic mass is 32.2. The molecule has 1 heterocycles. The maximum atomic E-state index is 12.2. The maximum Gasteiger partial charge on any atom is 0.328 e. The second-order valence-corrected chi connectivity index (χ2v) is 6.13. The molecule has 0 spiro atoms. The van der Waals surface area contributed by atoms with Crippen LogP contribution in [0.3, 0.4) is 0 Å². The first-order chi connectivity index (χ1) is 9.90. The number of carbonyl (C=O) groups is 2. The average molecular weight is 310 g/mol. The number of pyridine rings is 1. The third-order valence-electron chi connectivity index (χ3n) is 2.72. The van der Waals surface area contributed by atoms with E-state index in [1.807, 2.05) is 6.92 Å². The number of carbonyl (C=O) groups excluding carboxylic acids is 1. The Labute approximate surface area is 125 Å². The maximum absolute atomic E-state index is 12.2. The molecule has 2 unspecified atom stereocenters. The van der Waals surface area contributed by atoms with Gasteiger partial charge in [-0.15, -0.1) is 0 Å². The van der Waals surface area contributed by atoms with E-state index in [1.165, 1.54) is 24.5 Å². The van der Waals surface area contributed by atoms with Gasteiger partial charge >= 0.3 is 5.97 Å². The molecule has 0 aliphatic rings. The minimum absolute atomic E-state index is 0.120. The first-order valence-electron chi connectivity index (χ1n) is 6.36. The topological polar surface area (TPSA) is 96.4 Å². The molecule has 0 aromatic carbocycles. The Morgan fingerprint density at radius 1 is 1.52 bits per heavy atom. The van der Waals surface area contributed by atoms with Crippen LogP contribution in [0.4, 0.5) is 0 Å². The predicted molar refractivity (Wildman–Crippen MR) is 81.4 cm³/mol. The number of hydrogen-bond acceptors (Lipinski definition) is 4. The highest BCUT2D eigenvalue weighted by Crippen LogP contribution is 2.10. The summed E-state index contributed by atoms with van der Waals surface area (Å²) in [7, 11) is -0.896. The highest BCUT2D eigenvalue weighted by molar-refractivity contribution is 7.84. The van der Waals surface area contributed by atoms with Crippen molar-refractivity contribution in [2.24, 2.45) is 0 Å². The Kier molecular flexibility index (Phi) is 6.74. The van der Waals surface area contributed by atoms with Gasteiger partial charge in [0.15, 0.2) is 0 Å². The van der Waals surface area contributed by atoms with Gasteiger partial charge in [0.25, 0.3) is 5.91 Å². The first kappa shape index (κ1) is 17.0. The third-order valence-corrected chi connectivity index (χ3v) is 3.53. The fourth-order valence-electron chi connectivity index (χ4n) is 1.62. The van der Waals surface area contributed by atoms with Gasteiger partial charge in [0.2, 0.25) is 0 Å². The Hall–Kier alpha value is -2.02. The zero-order chi connectivity index (χ0) is 15.8. The zero-order valence-electron chi connectivity index (χ0n) is 11.9. The monoisotopic (exact) mass is 310 g/mol. The fourth-order valence-corrected chi connectivity index (χ4v) is 2.31. The van der Waals surface area contributed by atoms with Crippen LogP contribution in [0.2, 0.25) is 0 Å². The summed E-state index contributed by atoms with van der Waals surface area (Å²) in [6.07, 6.45) is 7.42. The van der Waals surface area contributed by atoms with Gasteiger partial charge in [-0.1, -0.05) is 0 Å². The molecule has 0 saturated carbocycles. The number of aliphatic carboxylic acids is 1. The van der Waals surface area contributed by atoms with E-state index in [-0.39, 0.29) is 11.9 Å². The second kappa shape index (κ2) is 8.31. The molecule has 0 aliphatic carbocycles. The van der Waals surface area contributed by atoms with Gasteiger partial charge in [0.1, 0.15) is 0 Å². The molecule has 0 bridgehead atoms. The molecule has 1 rings (SSSR count). The summed E-state index contributed by atoms with van der Waals surface area (Å²) in [5.41, 5.74) is 0.788. The van der Waals surface area contributed by atoms with Crippen LogP contribution in [0.1, 0.15) is 29.3 Å². The van der Waals surface area contributed by atoms with Gasteiger partial charge in [-0.3, -0.25) is 14.0 Å². The van der Waals surface area contributed by atoms with E-state index in [1.54, 1.807) is 6.26 Å². The number of nitrogens with one attached hydrogen (secondary N) is 1. The number of nitrogens with zero attached hydrogens (tertiary/aromatic N) is 1. The summed E-state index contributed by atoms with van der Waals surface area (Å²) < 4.78 is 11.0. The first-order valence-corrected chi connectivity index (χ1v) is 8.08. The minimum Gasteiger partial charge on any atom is -0.478 e. The lowest BCUT2D eigenvalue weighted by atomic mass is 10.1. The van der Waals surface area contributed by atoms with E-state index in [0.29, 0.717) is 23.3 Å². The summed E-state index contributed by atoms with van der Waals surface area (Å²) in [6, 6.07) is 1.41. The van der Waals surface area contributed by atoms with Crippen molar-refractivity contribution in [1.82, 2.24) is 10.3 Å². The summed E-state index contributed by atoms with van der Waals surface area (Å²) in [4.78, 5) is 26.6. The van der Waals surface area contributed by atoms with E-state index >= 15 is 0 Å². The van der Waals surface area contributed by atoms with Gasteiger partial charge < -0.3 is 10.4 Å². The van der Waals surface area contributed by atoms with Crippen molar-refractivity contribution in [3.8, 4) is 0 Å². The van der Waals surface area contributed by atoms with Crippen molar-refractivity contribution >= 4 is 28.8 Å². The lowest BCUT2D eigenvalue weighted by Crippen LogP contribution is -2.33. The highest BCUT2D eigenvalue weighted by Gasteiger charge is 2.13. The van der Waals surface area contributed by atoms with Crippen LogP contribution >= 0.6 is 0 Å². The molecule has 0 aliphatic heterocycles. The molecule has 0 radical (unpaired) electrons.